The average molecular weight is 936 g/mol. The Morgan fingerprint density at radius 2 is 1.43 bits per heavy atom. The van der Waals surface area contributed by atoms with E-state index >= 15 is 0 Å². The van der Waals surface area contributed by atoms with Crippen LogP contribution in [0.15, 0.2) is 36.4 Å². The molecule has 0 aromatic heterocycles. The minimum Gasteiger partial charge on any atom is -0.492 e. The summed E-state index contributed by atoms with van der Waals surface area (Å²) in [5.41, 5.74) is 18.3. The van der Waals surface area contributed by atoms with Gasteiger partial charge in [0.2, 0.25) is 41.4 Å². The zero-order chi connectivity index (χ0) is 49.7. The first-order chi connectivity index (χ1) is 32.1. The number of nitrogens with two attached hydrogens (primary N) is 3. The van der Waals surface area contributed by atoms with Crippen molar-refractivity contribution in [1.29, 1.82) is 5.26 Å². The van der Waals surface area contributed by atoms with Gasteiger partial charge in [0.05, 0.1) is 12.6 Å². The second-order valence-corrected chi connectivity index (χ2v) is 16.0. The Morgan fingerprint density at radius 1 is 0.821 bits per heavy atom. The summed E-state index contributed by atoms with van der Waals surface area (Å²) in [6, 6.07) is 7.37. The number of unbranched alkanes of at least 4 members (excludes halogenated alkanes) is 6. The van der Waals surface area contributed by atoms with E-state index < -0.39 is 66.2 Å². The van der Waals surface area contributed by atoms with Gasteiger partial charge in [0, 0.05) is 57.1 Å². The standard InChI is InChI=1S/C45H66N10O9.C2H7N/c1-5-6-7-8-9-10-11-12-39(57)52-29(2)42(59)49-21-17-38(56)51-28-40(58)55(4)41-32-14-16-37(64-24-20-48)34(27-32)33-25-31(13-15-36(33)63-23-19-47)26-35(44(61)50-22-18-46)54-43(60)30(3)53-45(41)62;1-2-3/h13-16,25,27,29-30,35,41H,5-12,17,19-24,26,28,47-48H2,1-4H3,(H,49,59)(H,50,61)(H,51,56)(H,52,57)(H,53,62)(H,54,60);2-3H2,1H3/t29?,30-,35?,41?;/m0./s1. The molecule has 0 spiro atoms. The lowest BCUT2D eigenvalue weighted by atomic mass is 9.93. The van der Waals surface area contributed by atoms with Crippen molar-refractivity contribution in [3.63, 3.8) is 0 Å². The number of likely N-dealkylation sites (N-methyl/N-ethyl adjacent to an activating group) is 1. The van der Waals surface area contributed by atoms with Crippen molar-refractivity contribution in [2.75, 3.05) is 59.5 Å². The van der Waals surface area contributed by atoms with Gasteiger partial charge in [0.1, 0.15) is 55.4 Å². The smallest absolute Gasteiger partial charge is 0.248 e. The number of carbonyl (C=O) groups is 7. The lowest BCUT2D eigenvalue weighted by Gasteiger charge is -2.30. The summed E-state index contributed by atoms with van der Waals surface area (Å²) < 4.78 is 12.1. The molecule has 3 rings (SSSR count). The number of hydrogen-bond donors (Lipinski definition) is 9. The molecular weight excluding hydrogens is 863 g/mol. The minimum absolute atomic E-state index is 0.00120. The van der Waals surface area contributed by atoms with E-state index in [0.29, 0.717) is 40.2 Å². The van der Waals surface area contributed by atoms with Crippen molar-refractivity contribution in [3.8, 4) is 28.7 Å². The molecule has 1 aliphatic rings. The molecule has 12 N–H and O–H groups in total. The molecule has 20 heteroatoms. The van der Waals surface area contributed by atoms with Crippen LogP contribution < -0.4 is 58.6 Å². The van der Waals surface area contributed by atoms with Crippen LogP contribution in [0.3, 0.4) is 0 Å². The predicted octanol–water partition coefficient (Wildman–Crippen LogP) is 0.946. The summed E-state index contributed by atoms with van der Waals surface area (Å²) in [6.45, 7) is 7.58. The third kappa shape index (κ3) is 20.0. The Morgan fingerprint density at radius 3 is 2.06 bits per heavy atom. The van der Waals surface area contributed by atoms with Crippen LogP contribution in [0.2, 0.25) is 0 Å². The SMILES string of the molecule is CCCCCCCCCC(=O)NC(C)C(=O)NCCC(=O)NCC(=O)N(C)C1C(=O)N[C@@H](C)C(=O)NC(C(=O)NCC#N)Cc2ccc(OCCN)c(c2)-c2cc1ccc2OCCN.CCN. The number of carbonyl (C=O) groups excluding carboxylic acids is 7. The van der Waals surface area contributed by atoms with Gasteiger partial charge in [-0.3, -0.25) is 33.6 Å². The zero-order valence-corrected chi connectivity index (χ0v) is 39.8. The van der Waals surface area contributed by atoms with E-state index in [-0.39, 0.29) is 58.1 Å². The second-order valence-electron chi connectivity index (χ2n) is 16.0. The van der Waals surface area contributed by atoms with Crippen molar-refractivity contribution >= 4 is 41.4 Å². The molecule has 370 valence electrons. The van der Waals surface area contributed by atoms with Crippen LogP contribution in [-0.4, -0.2) is 124 Å². The predicted molar refractivity (Wildman–Crippen MR) is 254 cm³/mol. The molecule has 0 fully saturated rings. The fourth-order valence-corrected chi connectivity index (χ4v) is 6.94. The van der Waals surface area contributed by atoms with Crippen LogP contribution in [0.5, 0.6) is 11.5 Å². The molecule has 3 unspecified atom stereocenters. The number of nitrogens with one attached hydrogen (secondary N) is 6. The maximum Gasteiger partial charge on any atom is 0.248 e. The first-order valence-corrected chi connectivity index (χ1v) is 23.1. The van der Waals surface area contributed by atoms with E-state index in [2.05, 4.69) is 38.8 Å². The molecule has 2 aromatic carbocycles. The molecular formula is C47H73N11O9. The van der Waals surface area contributed by atoms with Crippen molar-refractivity contribution in [1.82, 2.24) is 36.8 Å². The van der Waals surface area contributed by atoms with Gasteiger partial charge >= 0.3 is 0 Å². The van der Waals surface area contributed by atoms with E-state index in [1.54, 1.807) is 43.3 Å². The summed E-state index contributed by atoms with van der Waals surface area (Å²) in [5, 5.41) is 24.7. The highest BCUT2D eigenvalue weighted by atomic mass is 16.5. The molecule has 67 heavy (non-hydrogen) atoms. The van der Waals surface area contributed by atoms with E-state index in [1.165, 1.54) is 33.2 Å². The lowest BCUT2D eigenvalue weighted by Crippen LogP contribution is -2.55. The maximum atomic E-state index is 14.2. The zero-order valence-electron chi connectivity index (χ0n) is 39.8. The molecule has 0 aliphatic carbocycles. The number of nitrogens with zero attached hydrogens (tertiary/aromatic N) is 2. The summed E-state index contributed by atoms with van der Waals surface area (Å²) in [6.07, 6.45) is 7.64. The van der Waals surface area contributed by atoms with E-state index in [9.17, 15) is 33.6 Å². The van der Waals surface area contributed by atoms with Crippen molar-refractivity contribution in [2.45, 2.75) is 116 Å². The normalized spacial score (nSPS) is 15.9. The molecule has 0 saturated carbocycles. The van der Waals surface area contributed by atoms with Gasteiger partial charge in [-0.2, -0.15) is 5.26 Å². The Kier molecular flexibility index (Phi) is 26.8. The molecule has 7 amide bonds. The topological polar surface area (TPSA) is 315 Å². The van der Waals surface area contributed by atoms with Crippen molar-refractivity contribution in [3.05, 3.63) is 47.5 Å². The van der Waals surface area contributed by atoms with Crippen LogP contribution in [0.25, 0.3) is 11.1 Å². The number of benzene rings is 2. The highest BCUT2D eigenvalue weighted by Crippen LogP contribution is 2.40. The monoisotopic (exact) mass is 936 g/mol. The fraction of sp³-hybridized carbons (Fsp3) is 0.574. The molecule has 2 aromatic rings. The Bertz CT molecular complexity index is 1980. The molecule has 4 atom stereocenters. The van der Waals surface area contributed by atoms with Gasteiger partial charge in [-0.1, -0.05) is 64.5 Å². The van der Waals surface area contributed by atoms with Crippen molar-refractivity contribution in [2.24, 2.45) is 17.2 Å². The highest BCUT2D eigenvalue weighted by molar-refractivity contribution is 5.96. The van der Waals surface area contributed by atoms with Gasteiger partial charge in [-0.25, -0.2) is 0 Å². The highest BCUT2D eigenvalue weighted by Gasteiger charge is 2.33. The number of rotatable bonds is 24. The van der Waals surface area contributed by atoms with Gasteiger partial charge in [-0.05, 0) is 62.2 Å². The van der Waals surface area contributed by atoms with E-state index in [1.807, 2.05) is 13.0 Å². The maximum absolute atomic E-state index is 14.2. The van der Waals surface area contributed by atoms with Gasteiger partial charge in [-0.15, -0.1) is 0 Å². The van der Waals surface area contributed by atoms with Crippen LogP contribution in [0.4, 0.5) is 0 Å². The third-order valence-corrected chi connectivity index (χ3v) is 10.5. The molecule has 1 aliphatic heterocycles. The first-order valence-electron chi connectivity index (χ1n) is 23.1. The quantitative estimate of drug-likeness (QED) is 0.0524. The van der Waals surface area contributed by atoms with Gasteiger partial charge in [0.25, 0.3) is 0 Å². The largest absolute Gasteiger partial charge is 0.492 e. The molecule has 0 radical (unpaired) electrons. The first kappa shape index (κ1) is 56.8. The van der Waals surface area contributed by atoms with Crippen LogP contribution in [0.1, 0.15) is 103 Å². The fourth-order valence-electron chi connectivity index (χ4n) is 6.94. The molecule has 4 bridgehead atoms. The Labute approximate surface area is 394 Å². The third-order valence-electron chi connectivity index (χ3n) is 10.5. The number of amides is 7. The molecule has 1 heterocycles. The molecule has 20 nitrogen and oxygen atoms in total. The lowest BCUT2D eigenvalue weighted by molar-refractivity contribution is -0.140. The minimum atomic E-state index is -1.36. The van der Waals surface area contributed by atoms with E-state index in [0.717, 1.165) is 37.1 Å². The van der Waals surface area contributed by atoms with Crippen LogP contribution >= 0.6 is 0 Å². The van der Waals surface area contributed by atoms with Crippen molar-refractivity contribution < 1.29 is 43.0 Å². The van der Waals surface area contributed by atoms with Crippen LogP contribution in [-0.2, 0) is 40.0 Å². The Balaban J connectivity index is 0.00000499. The number of nitriles is 1. The Hall–Kier alpha value is -6.30. The number of ether oxygens (including phenoxy) is 2. The summed E-state index contributed by atoms with van der Waals surface area (Å²) >= 11 is 0. The van der Waals surface area contributed by atoms with Crippen LogP contribution in [0, 0.1) is 11.3 Å². The van der Waals surface area contributed by atoms with Gasteiger partial charge < -0.3 is 63.5 Å². The summed E-state index contributed by atoms with van der Waals surface area (Å²) in [4.78, 5) is 93.7. The number of fused-ring (bicyclic) bond motifs is 5. The summed E-state index contributed by atoms with van der Waals surface area (Å²) in [7, 11) is 1.38. The van der Waals surface area contributed by atoms with Gasteiger partial charge in [0.15, 0.2) is 0 Å². The number of hydrogen-bond acceptors (Lipinski definition) is 13. The van der Waals surface area contributed by atoms with E-state index in [4.69, 9.17) is 31.9 Å². The average Bonchev–Trinajstić information content (AvgIpc) is 3.30. The summed E-state index contributed by atoms with van der Waals surface area (Å²) in [5.74, 6) is -3.22. The second kappa shape index (κ2) is 31.6. The molecule has 0 saturated heterocycles.